The van der Waals surface area contributed by atoms with Crippen LogP contribution in [0.25, 0.3) is 0 Å². The van der Waals surface area contributed by atoms with Gasteiger partial charge in [-0.2, -0.15) is 0 Å². The number of carbonyl (C=O) groups excluding carboxylic acids is 1. The zero-order valence-corrected chi connectivity index (χ0v) is 9.24. The maximum Gasteiger partial charge on any atom is 0.230 e. The van der Waals surface area contributed by atoms with Gasteiger partial charge in [0.1, 0.15) is 9.84 Å². The Morgan fingerprint density at radius 2 is 2.08 bits per heavy atom. The van der Waals surface area contributed by atoms with Gasteiger partial charge >= 0.3 is 0 Å². The third-order valence-corrected chi connectivity index (χ3v) is 2.67. The first-order chi connectivity index (χ1) is 5.45. The van der Waals surface area contributed by atoms with Crippen LogP contribution in [0.2, 0.25) is 0 Å². The molecule has 0 rings (SSSR count). The monoisotopic (exact) mass is 257 g/mol. The summed E-state index contributed by atoms with van der Waals surface area (Å²) in [7, 11) is -2.89. The van der Waals surface area contributed by atoms with E-state index in [0.717, 1.165) is 0 Å². The molecule has 0 unspecified atom stereocenters. The summed E-state index contributed by atoms with van der Waals surface area (Å²) >= 11 is 2.98. The summed E-state index contributed by atoms with van der Waals surface area (Å²) in [5.74, 6) is -0.00116. The number of hydrogen-bond acceptors (Lipinski definition) is 3. The highest BCUT2D eigenvalue weighted by Crippen LogP contribution is 1.87. The molecule has 1 amide bonds. The fourth-order valence-corrected chi connectivity index (χ4v) is 1.48. The lowest BCUT2D eigenvalue weighted by molar-refractivity contribution is -0.118. The number of alkyl halides is 1. The molecule has 0 atom stereocenters. The van der Waals surface area contributed by atoms with Crippen molar-refractivity contribution in [3.63, 3.8) is 0 Å². The van der Waals surface area contributed by atoms with E-state index in [1.165, 1.54) is 6.26 Å². The van der Waals surface area contributed by atoms with Crippen LogP contribution in [0.15, 0.2) is 0 Å². The molecular weight excluding hydrogens is 246 g/mol. The molecule has 0 aliphatic heterocycles. The van der Waals surface area contributed by atoms with Gasteiger partial charge in [0, 0.05) is 12.8 Å². The molecular formula is C6H12BrNO3S. The van der Waals surface area contributed by atoms with Gasteiger partial charge in [0.25, 0.3) is 0 Å². The van der Waals surface area contributed by atoms with E-state index in [9.17, 15) is 13.2 Å². The van der Waals surface area contributed by atoms with Gasteiger partial charge in [-0.05, 0) is 6.42 Å². The van der Waals surface area contributed by atoms with Gasteiger partial charge in [-0.15, -0.1) is 0 Å². The fraction of sp³-hybridized carbons (Fsp3) is 0.833. The molecule has 0 fully saturated rings. The molecule has 0 aromatic heterocycles. The number of sulfone groups is 1. The molecule has 0 aliphatic carbocycles. The molecule has 4 nitrogen and oxygen atoms in total. The van der Waals surface area contributed by atoms with Crippen LogP contribution in [0.4, 0.5) is 0 Å². The molecule has 0 saturated carbocycles. The highest BCUT2D eigenvalue weighted by atomic mass is 79.9. The lowest BCUT2D eigenvalue weighted by Gasteiger charge is -2.00. The van der Waals surface area contributed by atoms with Crippen molar-refractivity contribution in [3.05, 3.63) is 0 Å². The maximum atomic E-state index is 10.6. The zero-order valence-electron chi connectivity index (χ0n) is 6.84. The quantitative estimate of drug-likeness (QED) is 0.554. The molecule has 72 valence electrons. The lowest BCUT2D eigenvalue weighted by Crippen LogP contribution is -2.26. The van der Waals surface area contributed by atoms with Crippen molar-refractivity contribution < 1.29 is 13.2 Å². The average Bonchev–Trinajstić information content (AvgIpc) is 1.96. The van der Waals surface area contributed by atoms with Gasteiger partial charge in [0.15, 0.2) is 0 Å². The first-order valence-electron chi connectivity index (χ1n) is 3.46. The van der Waals surface area contributed by atoms with Crippen LogP contribution in [0.1, 0.15) is 6.42 Å². The van der Waals surface area contributed by atoms with Crippen LogP contribution in [0.5, 0.6) is 0 Å². The van der Waals surface area contributed by atoms with Crippen molar-refractivity contribution in [3.8, 4) is 0 Å². The molecule has 12 heavy (non-hydrogen) atoms. The third kappa shape index (κ3) is 8.00. The Morgan fingerprint density at radius 3 is 2.50 bits per heavy atom. The molecule has 0 heterocycles. The Bertz CT molecular complexity index is 237. The molecule has 0 radical (unpaired) electrons. The van der Waals surface area contributed by atoms with Crippen LogP contribution in [-0.4, -0.2) is 38.2 Å². The van der Waals surface area contributed by atoms with E-state index in [4.69, 9.17) is 0 Å². The summed E-state index contributed by atoms with van der Waals surface area (Å²) in [5, 5.41) is 2.81. The average molecular weight is 258 g/mol. The van der Waals surface area contributed by atoms with Crippen molar-refractivity contribution in [1.82, 2.24) is 5.32 Å². The molecule has 0 aliphatic rings. The Balaban J connectivity index is 3.40. The number of nitrogens with one attached hydrogen (secondary N) is 1. The molecule has 1 N–H and O–H groups in total. The van der Waals surface area contributed by atoms with Crippen molar-refractivity contribution in [1.29, 1.82) is 0 Å². The highest BCUT2D eigenvalue weighted by Gasteiger charge is 2.02. The van der Waals surface area contributed by atoms with Crippen molar-refractivity contribution in [2.24, 2.45) is 0 Å². The summed E-state index contributed by atoms with van der Waals surface area (Å²) in [5.41, 5.74) is 0. The second kappa shape index (κ2) is 5.53. The minimum Gasteiger partial charge on any atom is -0.355 e. The lowest BCUT2D eigenvalue weighted by atomic mass is 10.5. The van der Waals surface area contributed by atoms with E-state index in [1.807, 2.05) is 0 Å². The Kier molecular flexibility index (Phi) is 5.48. The molecule has 6 heteroatoms. The second-order valence-corrected chi connectivity index (χ2v) is 5.29. The fourth-order valence-electron chi connectivity index (χ4n) is 0.609. The second-order valence-electron chi connectivity index (χ2n) is 2.47. The Morgan fingerprint density at radius 1 is 1.50 bits per heavy atom. The van der Waals surface area contributed by atoms with Crippen LogP contribution in [-0.2, 0) is 14.6 Å². The first-order valence-corrected chi connectivity index (χ1v) is 6.64. The summed E-state index contributed by atoms with van der Waals surface area (Å²) in [6.07, 6.45) is 1.65. The van der Waals surface area contributed by atoms with Gasteiger partial charge < -0.3 is 5.32 Å². The first kappa shape index (κ1) is 11.9. The van der Waals surface area contributed by atoms with E-state index in [0.29, 0.717) is 13.0 Å². The normalized spacial score (nSPS) is 11.2. The summed E-state index contributed by atoms with van der Waals surface area (Å²) < 4.78 is 21.2. The van der Waals surface area contributed by atoms with Gasteiger partial charge in [0.2, 0.25) is 5.91 Å². The van der Waals surface area contributed by atoms with E-state index in [-0.39, 0.29) is 17.0 Å². The molecule has 0 aromatic carbocycles. The summed E-state index contributed by atoms with van der Waals surface area (Å²) in [6.45, 7) is 0.414. The summed E-state index contributed by atoms with van der Waals surface area (Å²) in [4.78, 5) is 10.6. The minimum atomic E-state index is -2.89. The largest absolute Gasteiger partial charge is 0.355 e. The van der Waals surface area contributed by atoms with E-state index in [1.54, 1.807) is 0 Å². The molecule has 0 saturated heterocycles. The van der Waals surface area contributed by atoms with Crippen LogP contribution in [0, 0.1) is 0 Å². The highest BCUT2D eigenvalue weighted by molar-refractivity contribution is 9.09. The standard InChI is InChI=1S/C6H12BrNO3S/c1-12(10,11)4-2-3-8-6(9)5-7/h2-5H2,1H3,(H,8,9). The van der Waals surface area contributed by atoms with Gasteiger partial charge in [-0.25, -0.2) is 8.42 Å². The summed E-state index contributed by atoms with van der Waals surface area (Å²) in [6, 6.07) is 0. The van der Waals surface area contributed by atoms with Gasteiger partial charge in [-0.1, -0.05) is 15.9 Å². The minimum absolute atomic E-state index is 0.121. The van der Waals surface area contributed by atoms with Crippen molar-refractivity contribution in [2.45, 2.75) is 6.42 Å². The van der Waals surface area contributed by atoms with E-state index in [2.05, 4.69) is 21.2 Å². The molecule has 0 spiro atoms. The van der Waals surface area contributed by atoms with Crippen LogP contribution in [0.3, 0.4) is 0 Å². The number of halogens is 1. The molecule has 0 bridgehead atoms. The van der Waals surface area contributed by atoms with Gasteiger partial charge in [-0.3, -0.25) is 4.79 Å². The number of carbonyl (C=O) groups is 1. The predicted octanol–water partition coefficient (Wildman–Crippen LogP) is -0.0678. The number of rotatable bonds is 5. The SMILES string of the molecule is CS(=O)(=O)CCCNC(=O)CBr. The number of amides is 1. The van der Waals surface area contributed by atoms with Crippen molar-refractivity contribution in [2.75, 3.05) is 23.9 Å². The third-order valence-electron chi connectivity index (χ3n) is 1.14. The zero-order chi connectivity index (χ0) is 9.61. The van der Waals surface area contributed by atoms with E-state index < -0.39 is 9.84 Å². The molecule has 0 aromatic rings. The van der Waals surface area contributed by atoms with Crippen molar-refractivity contribution >= 4 is 31.7 Å². The Labute approximate surface area is 80.8 Å². The van der Waals surface area contributed by atoms with Crippen LogP contribution >= 0.6 is 15.9 Å². The maximum absolute atomic E-state index is 10.6. The topological polar surface area (TPSA) is 63.2 Å². The van der Waals surface area contributed by atoms with Gasteiger partial charge in [0.05, 0.1) is 11.1 Å². The predicted molar refractivity (Wildman–Crippen MR) is 51.1 cm³/mol. The smallest absolute Gasteiger partial charge is 0.230 e. The Hall–Kier alpha value is -0.100. The van der Waals surface area contributed by atoms with Crippen LogP contribution < -0.4 is 5.32 Å². The van der Waals surface area contributed by atoms with E-state index >= 15 is 0 Å². The number of hydrogen-bond donors (Lipinski definition) is 1.